The molecule has 0 aromatic rings. The summed E-state index contributed by atoms with van der Waals surface area (Å²) in [7, 11) is 0. The zero-order chi connectivity index (χ0) is 19.1. The number of aliphatic hydroxyl groups is 2. The normalized spacial score (nSPS) is 46.6. The first-order valence-corrected chi connectivity index (χ1v) is 10.9. The summed E-state index contributed by atoms with van der Waals surface area (Å²) in [5, 5.41) is 25.4. The highest BCUT2D eigenvalue weighted by Crippen LogP contribution is 2.61. The van der Waals surface area contributed by atoms with Crippen LogP contribution < -0.4 is 5.32 Å². The third kappa shape index (κ3) is 3.52. The van der Waals surface area contributed by atoms with Gasteiger partial charge >= 0.3 is 0 Å². The molecule has 0 aromatic heterocycles. The fourth-order valence-electron chi connectivity index (χ4n) is 6.48. The molecule has 3 aliphatic carbocycles. The van der Waals surface area contributed by atoms with Gasteiger partial charge in [-0.2, -0.15) is 0 Å². The molecule has 0 saturated heterocycles. The lowest BCUT2D eigenvalue weighted by atomic mass is 9.52. The topological polar surface area (TPSA) is 52.5 Å². The summed E-state index contributed by atoms with van der Waals surface area (Å²) < 4.78 is 0. The Labute approximate surface area is 160 Å². The average Bonchev–Trinajstić information content (AvgIpc) is 2.87. The lowest BCUT2D eigenvalue weighted by Gasteiger charge is -2.55. The maximum absolute atomic E-state index is 11.4. The van der Waals surface area contributed by atoms with E-state index in [1.807, 2.05) is 0 Å². The summed E-state index contributed by atoms with van der Waals surface area (Å²) in [5.74, 6) is 1.81. The van der Waals surface area contributed by atoms with Crippen molar-refractivity contribution in [2.45, 2.75) is 84.8 Å². The minimum absolute atomic E-state index is 0.119. The SMILES string of the molecule is C=C1CCC2C(O)C(C3(C)CCC(O)CC3CNCC(C)C)CCC12C. The van der Waals surface area contributed by atoms with E-state index in [0.29, 0.717) is 23.7 Å². The van der Waals surface area contributed by atoms with Gasteiger partial charge in [-0.15, -0.1) is 0 Å². The highest BCUT2D eigenvalue weighted by molar-refractivity contribution is 5.21. The minimum Gasteiger partial charge on any atom is -0.393 e. The summed E-state index contributed by atoms with van der Waals surface area (Å²) in [5.41, 5.74) is 1.62. The molecule has 0 aliphatic heterocycles. The average molecular weight is 364 g/mol. The molecule has 3 fully saturated rings. The van der Waals surface area contributed by atoms with E-state index in [4.69, 9.17) is 0 Å². The summed E-state index contributed by atoms with van der Waals surface area (Å²) in [6, 6.07) is 0. The van der Waals surface area contributed by atoms with E-state index < -0.39 is 0 Å². The van der Waals surface area contributed by atoms with Crippen LogP contribution in [0.3, 0.4) is 0 Å². The van der Waals surface area contributed by atoms with Gasteiger partial charge < -0.3 is 15.5 Å². The van der Waals surface area contributed by atoms with Crippen molar-refractivity contribution in [1.29, 1.82) is 0 Å². The van der Waals surface area contributed by atoms with Crippen LogP contribution in [0.5, 0.6) is 0 Å². The second kappa shape index (κ2) is 7.56. The predicted octanol–water partition coefficient (Wildman–Crippen LogP) is 4.14. The van der Waals surface area contributed by atoms with Gasteiger partial charge in [-0.05, 0) is 92.5 Å². The Morgan fingerprint density at radius 3 is 2.54 bits per heavy atom. The molecule has 0 bridgehead atoms. The summed E-state index contributed by atoms with van der Waals surface area (Å²) in [6.07, 6.45) is 6.85. The van der Waals surface area contributed by atoms with Crippen LogP contribution in [0, 0.1) is 34.5 Å². The van der Waals surface area contributed by atoms with Gasteiger partial charge in [-0.3, -0.25) is 0 Å². The monoisotopic (exact) mass is 363 g/mol. The molecular weight excluding hydrogens is 322 g/mol. The molecule has 150 valence electrons. The number of fused-ring (bicyclic) bond motifs is 1. The smallest absolute Gasteiger partial charge is 0.0610 e. The number of nitrogens with one attached hydrogen (secondary N) is 1. The molecule has 0 spiro atoms. The minimum atomic E-state index is -0.221. The molecule has 0 radical (unpaired) electrons. The Bertz CT molecular complexity index is 518. The van der Waals surface area contributed by atoms with Crippen LogP contribution >= 0.6 is 0 Å². The van der Waals surface area contributed by atoms with E-state index in [9.17, 15) is 10.2 Å². The van der Waals surface area contributed by atoms with Crippen molar-refractivity contribution in [1.82, 2.24) is 5.32 Å². The highest BCUT2D eigenvalue weighted by Gasteiger charge is 2.56. The first kappa shape index (κ1) is 20.4. The standard InChI is InChI=1S/C23H41NO2/c1-15(2)13-24-14-17-12-18(25)8-10-23(17,5)20-9-11-22(4)16(3)6-7-19(22)21(20)26/h15,17-21,24-26H,3,6-14H2,1-2,4-5H3. The third-order valence-corrected chi connectivity index (χ3v) is 8.48. The Hall–Kier alpha value is -0.380. The van der Waals surface area contributed by atoms with Crippen LogP contribution in [0.2, 0.25) is 0 Å². The number of aliphatic hydroxyl groups excluding tert-OH is 2. The van der Waals surface area contributed by atoms with Crippen molar-refractivity contribution in [2.75, 3.05) is 13.1 Å². The van der Waals surface area contributed by atoms with E-state index in [2.05, 4.69) is 39.6 Å². The van der Waals surface area contributed by atoms with Crippen molar-refractivity contribution < 1.29 is 10.2 Å². The second-order valence-electron chi connectivity index (χ2n) is 10.5. The molecule has 7 unspecified atom stereocenters. The molecule has 7 atom stereocenters. The fraction of sp³-hybridized carbons (Fsp3) is 0.913. The Morgan fingerprint density at radius 2 is 1.85 bits per heavy atom. The van der Waals surface area contributed by atoms with Crippen LogP contribution in [-0.4, -0.2) is 35.5 Å². The van der Waals surface area contributed by atoms with Gasteiger partial charge in [-0.25, -0.2) is 0 Å². The van der Waals surface area contributed by atoms with E-state index >= 15 is 0 Å². The van der Waals surface area contributed by atoms with Crippen molar-refractivity contribution in [2.24, 2.45) is 34.5 Å². The molecular formula is C23H41NO2. The second-order valence-corrected chi connectivity index (χ2v) is 10.5. The van der Waals surface area contributed by atoms with E-state index in [1.54, 1.807) is 0 Å². The molecule has 0 heterocycles. The lowest BCUT2D eigenvalue weighted by Crippen LogP contribution is -2.54. The van der Waals surface area contributed by atoms with E-state index in [0.717, 1.165) is 51.6 Å². The molecule has 0 amide bonds. The maximum atomic E-state index is 11.4. The number of allylic oxidation sites excluding steroid dienone is 1. The van der Waals surface area contributed by atoms with E-state index in [-0.39, 0.29) is 23.0 Å². The molecule has 3 N–H and O–H groups in total. The zero-order valence-corrected chi connectivity index (χ0v) is 17.4. The molecule has 26 heavy (non-hydrogen) atoms. The molecule has 3 saturated carbocycles. The lowest BCUT2D eigenvalue weighted by molar-refractivity contribution is -0.118. The zero-order valence-electron chi connectivity index (χ0n) is 17.4. The first-order valence-electron chi connectivity index (χ1n) is 10.9. The van der Waals surface area contributed by atoms with Gasteiger partial charge in [0.25, 0.3) is 0 Å². The Morgan fingerprint density at radius 1 is 1.12 bits per heavy atom. The van der Waals surface area contributed by atoms with Crippen LogP contribution in [0.4, 0.5) is 0 Å². The van der Waals surface area contributed by atoms with Crippen LogP contribution in [-0.2, 0) is 0 Å². The van der Waals surface area contributed by atoms with Gasteiger partial charge in [0.05, 0.1) is 12.2 Å². The quantitative estimate of drug-likeness (QED) is 0.643. The van der Waals surface area contributed by atoms with Crippen LogP contribution in [0.15, 0.2) is 12.2 Å². The van der Waals surface area contributed by atoms with Gasteiger partial charge in [0.1, 0.15) is 0 Å². The summed E-state index contributed by atoms with van der Waals surface area (Å²) in [6.45, 7) is 15.5. The van der Waals surface area contributed by atoms with Crippen molar-refractivity contribution in [3.63, 3.8) is 0 Å². The molecule has 0 aromatic carbocycles. The number of hydrogen-bond donors (Lipinski definition) is 3. The fourth-order valence-corrected chi connectivity index (χ4v) is 6.48. The Balaban J connectivity index is 1.77. The van der Waals surface area contributed by atoms with Gasteiger partial charge in [-0.1, -0.05) is 39.8 Å². The molecule has 3 heteroatoms. The first-order chi connectivity index (χ1) is 12.2. The van der Waals surface area contributed by atoms with Gasteiger partial charge in [0.15, 0.2) is 0 Å². The van der Waals surface area contributed by atoms with Gasteiger partial charge in [0, 0.05) is 0 Å². The van der Waals surface area contributed by atoms with Crippen LogP contribution in [0.1, 0.15) is 72.6 Å². The molecule has 3 aliphatic rings. The number of rotatable bonds is 5. The Kier molecular flexibility index (Phi) is 5.92. The van der Waals surface area contributed by atoms with Crippen molar-refractivity contribution in [3.8, 4) is 0 Å². The number of hydrogen-bond acceptors (Lipinski definition) is 3. The van der Waals surface area contributed by atoms with Gasteiger partial charge in [0.2, 0.25) is 0 Å². The van der Waals surface area contributed by atoms with Crippen molar-refractivity contribution in [3.05, 3.63) is 12.2 Å². The highest BCUT2D eigenvalue weighted by atomic mass is 16.3. The molecule has 3 nitrogen and oxygen atoms in total. The molecule has 3 rings (SSSR count). The maximum Gasteiger partial charge on any atom is 0.0610 e. The summed E-state index contributed by atoms with van der Waals surface area (Å²) in [4.78, 5) is 0. The third-order valence-electron chi connectivity index (χ3n) is 8.48. The largest absolute Gasteiger partial charge is 0.393 e. The predicted molar refractivity (Wildman–Crippen MR) is 108 cm³/mol. The van der Waals surface area contributed by atoms with Crippen molar-refractivity contribution >= 4 is 0 Å². The summed E-state index contributed by atoms with van der Waals surface area (Å²) >= 11 is 0. The van der Waals surface area contributed by atoms with E-state index in [1.165, 1.54) is 12.0 Å². The van der Waals surface area contributed by atoms with Crippen LogP contribution in [0.25, 0.3) is 0 Å².